The SMILES string of the molecule is CN=C(NCc1ccoc1)NCc1cc(F)cc2c1OCOC2.I. The maximum absolute atomic E-state index is 13.7. The van der Waals surface area contributed by atoms with E-state index in [2.05, 4.69) is 15.6 Å². The van der Waals surface area contributed by atoms with Crippen molar-refractivity contribution in [2.45, 2.75) is 19.7 Å². The van der Waals surface area contributed by atoms with E-state index in [1.54, 1.807) is 19.6 Å². The normalized spacial score (nSPS) is 13.5. The Labute approximate surface area is 156 Å². The molecule has 0 unspecified atom stereocenters. The summed E-state index contributed by atoms with van der Waals surface area (Å²) in [6, 6.07) is 4.77. The van der Waals surface area contributed by atoms with Crippen molar-refractivity contribution in [1.82, 2.24) is 10.6 Å². The summed E-state index contributed by atoms with van der Waals surface area (Å²) in [4.78, 5) is 4.14. The van der Waals surface area contributed by atoms with Crippen molar-refractivity contribution in [1.29, 1.82) is 0 Å². The highest BCUT2D eigenvalue weighted by Gasteiger charge is 2.17. The Balaban J connectivity index is 0.00000208. The van der Waals surface area contributed by atoms with E-state index in [1.165, 1.54) is 12.1 Å². The van der Waals surface area contributed by atoms with Crippen LogP contribution in [-0.2, 0) is 24.4 Å². The van der Waals surface area contributed by atoms with Crippen molar-refractivity contribution < 1.29 is 18.3 Å². The number of ether oxygens (including phenoxy) is 2. The van der Waals surface area contributed by atoms with Crippen LogP contribution in [0.4, 0.5) is 4.39 Å². The third-order valence-electron chi connectivity index (χ3n) is 3.46. The van der Waals surface area contributed by atoms with Crippen LogP contribution >= 0.6 is 24.0 Å². The second-order valence-electron chi connectivity index (χ2n) is 5.07. The van der Waals surface area contributed by atoms with Gasteiger partial charge in [-0.2, -0.15) is 0 Å². The molecule has 0 atom stereocenters. The lowest BCUT2D eigenvalue weighted by Gasteiger charge is -2.21. The molecule has 130 valence electrons. The fraction of sp³-hybridized carbons (Fsp3) is 0.312. The summed E-state index contributed by atoms with van der Waals surface area (Å²) in [6.45, 7) is 1.51. The van der Waals surface area contributed by atoms with Gasteiger partial charge in [-0.25, -0.2) is 4.39 Å². The Morgan fingerprint density at radius 3 is 2.88 bits per heavy atom. The molecule has 3 rings (SSSR count). The standard InChI is InChI=1S/C16H18FN3O3.HI/c1-18-16(19-6-11-2-3-21-8-11)20-7-12-4-14(17)5-13-9-22-10-23-15(12)13;/h2-5,8H,6-7,9-10H2,1H3,(H2,18,19,20);1H. The topological polar surface area (TPSA) is 68.0 Å². The van der Waals surface area contributed by atoms with Crippen LogP contribution in [0.25, 0.3) is 0 Å². The first-order valence-corrected chi connectivity index (χ1v) is 7.23. The maximum Gasteiger partial charge on any atom is 0.191 e. The summed E-state index contributed by atoms with van der Waals surface area (Å²) < 4.78 is 29.4. The van der Waals surface area contributed by atoms with Crippen molar-refractivity contribution in [3.8, 4) is 5.75 Å². The van der Waals surface area contributed by atoms with E-state index in [9.17, 15) is 4.39 Å². The summed E-state index contributed by atoms with van der Waals surface area (Å²) in [7, 11) is 1.68. The summed E-state index contributed by atoms with van der Waals surface area (Å²) in [6.07, 6.45) is 3.28. The second-order valence-corrected chi connectivity index (χ2v) is 5.07. The maximum atomic E-state index is 13.7. The number of rotatable bonds is 4. The Kier molecular flexibility index (Phi) is 6.85. The Bertz CT molecular complexity index is 692. The van der Waals surface area contributed by atoms with Crippen molar-refractivity contribution in [2.24, 2.45) is 4.99 Å². The molecule has 1 aromatic heterocycles. The molecule has 0 amide bonds. The van der Waals surface area contributed by atoms with E-state index in [0.29, 0.717) is 31.4 Å². The van der Waals surface area contributed by atoms with Crippen LogP contribution < -0.4 is 15.4 Å². The van der Waals surface area contributed by atoms with Gasteiger partial charge in [0.05, 0.1) is 19.1 Å². The number of guanidine groups is 1. The number of fused-ring (bicyclic) bond motifs is 1. The molecule has 8 heteroatoms. The lowest BCUT2D eigenvalue weighted by Crippen LogP contribution is -2.36. The highest BCUT2D eigenvalue weighted by Crippen LogP contribution is 2.29. The first-order valence-electron chi connectivity index (χ1n) is 7.23. The van der Waals surface area contributed by atoms with Crippen LogP contribution in [0.15, 0.2) is 40.1 Å². The van der Waals surface area contributed by atoms with Crippen LogP contribution in [-0.4, -0.2) is 19.8 Å². The lowest BCUT2D eigenvalue weighted by atomic mass is 10.1. The highest BCUT2D eigenvalue weighted by molar-refractivity contribution is 14.0. The van der Waals surface area contributed by atoms with Crippen LogP contribution in [0.1, 0.15) is 16.7 Å². The number of hydrogen-bond acceptors (Lipinski definition) is 4. The number of nitrogens with zero attached hydrogens (tertiary/aromatic N) is 1. The lowest BCUT2D eigenvalue weighted by molar-refractivity contribution is -0.0172. The molecule has 0 bridgehead atoms. The van der Waals surface area contributed by atoms with Crippen molar-refractivity contribution in [3.63, 3.8) is 0 Å². The largest absolute Gasteiger partial charge is 0.472 e. The van der Waals surface area contributed by atoms with Crippen molar-refractivity contribution in [3.05, 3.63) is 53.2 Å². The molecule has 2 aromatic rings. The first kappa shape index (κ1) is 18.5. The van der Waals surface area contributed by atoms with Crippen molar-refractivity contribution >= 4 is 29.9 Å². The third kappa shape index (κ3) is 4.60. The average Bonchev–Trinajstić information content (AvgIpc) is 3.08. The molecular weight excluding hydrogens is 428 g/mol. The summed E-state index contributed by atoms with van der Waals surface area (Å²) >= 11 is 0. The molecular formula is C16H19FIN3O3. The summed E-state index contributed by atoms with van der Waals surface area (Å²) in [5.41, 5.74) is 2.46. The zero-order valence-electron chi connectivity index (χ0n) is 13.2. The van der Waals surface area contributed by atoms with Gasteiger partial charge in [-0.1, -0.05) is 0 Å². The minimum atomic E-state index is -0.309. The van der Waals surface area contributed by atoms with Crippen LogP contribution in [0.2, 0.25) is 0 Å². The van der Waals surface area contributed by atoms with Gasteiger partial charge in [0.1, 0.15) is 11.6 Å². The van der Waals surface area contributed by atoms with E-state index in [4.69, 9.17) is 13.9 Å². The number of benzene rings is 1. The summed E-state index contributed by atoms with van der Waals surface area (Å²) in [5, 5.41) is 6.30. The quantitative estimate of drug-likeness (QED) is 0.429. The number of furan rings is 1. The zero-order chi connectivity index (χ0) is 16.1. The van der Waals surface area contributed by atoms with Gasteiger partial charge in [0.2, 0.25) is 0 Å². The average molecular weight is 447 g/mol. The molecule has 2 N–H and O–H groups in total. The molecule has 1 aliphatic heterocycles. The molecule has 1 aliphatic rings. The van der Waals surface area contributed by atoms with Gasteiger partial charge >= 0.3 is 0 Å². The molecule has 1 aromatic carbocycles. The fourth-order valence-electron chi connectivity index (χ4n) is 2.37. The molecule has 0 spiro atoms. The number of hydrogen-bond donors (Lipinski definition) is 2. The van der Waals surface area contributed by atoms with Gasteiger partial charge in [0.25, 0.3) is 0 Å². The monoisotopic (exact) mass is 447 g/mol. The zero-order valence-corrected chi connectivity index (χ0v) is 15.5. The van der Waals surface area contributed by atoms with Crippen molar-refractivity contribution in [2.75, 3.05) is 13.8 Å². The molecule has 24 heavy (non-hydrogen) atoms. The fourth-order valence-corrected chi connectivity index (χ4v) is 2.37. The van der Waals surface area contributed by atoms with Crippen LogP contribution in [0, 0.1) is 5.82 Å². The van der Waals surface area contributed by atoms with Gasteiger partial charge in [-0.3, -0.25) is 4.99 Å². The number of halogens is 2. The van der Waals surface area contributed by atoms with Gasteiger partial charge in [0, 0.05) is 36.8 Å². The highest BCUT2D eigenvalue weighted by atomic mass is 127. The third-order valence-corrected chi connectivity index (χ3v) is 3.46. The van der Waals surface area contributed by atoms with E-state index in [-0.39, 0.29) is 36.6 Å². The van der Waals surface area contributed by atoms with Crippen LogP contribution in [0.5, 0.6) is 5.75 Å². The van der Waals surface area contributed by atoms with Gasteiger partial charge < -0.3 is 24.5 Å². The Morgan fingerprint density at radius 2 is 2.12 bits per heavy atom. The van der Waals surface area contributed by atoms with E-state index < -0.39 is 0 Å². The molecule has 0 fully saturated rings. The minimum absolute atomic E-state index is 0. The predicted molar refractivity (Wildman–Crippen MR) is 97.8 cm³/mol. The van der Waals surface area contributed by atoms with Gasteiger partial charge in [0.15, 0.2) is 12.8 Å². The predicted octanol–water partition coefficient (Wildman–Crippen LogP) is 2.77. The molecule has 0 aliphatic carbocycles. The first-order chi connectivity index (χ1) is 11.3. The molecule has 0 saturated heterocycles. The van der Waals surface area contributed by atoms with E-state index in [0.717, 1.165) is 16.7 Å². The van der Waals surface area contributed by atoms with Crippen LogP contribution in [0.3, 0.4) is 0 Å². The molecule has 2 heterocycles. The molecule has 0 saturated carbocycles. The van der Waals surface area contributed by atoms with E-state index in [1.807, 2.05) is 6.07 Å². The Morgan fingerprint density at radius 1 is 1.29 bits per heavy atom. The summed E-state index contributed by atoms with van der Waals surface area (Å²) in [5.74, 6) is 0.975. The molecule has 6 nitrogen and oxygen atoms in total. The second kappa shape index (κ2) is 8.88. The number of aliphatic imine (C=N–C) groups is 1. The number of nitrogens with one attached hydrogen (secondary N) is 2. The van der Waals surface area contributed by atoms with Gasteiger partial charge in [-0.05, 0) is 18.2 Å². The Hall–Kier alpha value is -1.81. The van der Waals surface area contributed by atoms with E-state index >= 15 is 0 Å². The smallest absolute Gasteiger partial charge is 0.191 e. The molecule has 0 radical (unpaired) electrons. The minimum Gasteiger partial charge on any atom is -0.472 e. The van der Waals surface area contributed by atoms with Gasteiger partial charge in [-0.15, -0.1) is 24.0 Å².